The van der Waals surface area contributed by atoms with E-state index in [0.717, 1.165) is 17.0 Å². The molecule has 0 saturated heterocycles. The fourth-order valence-corrected chi connectivity index (χ4v) is 3.05. The second kappa shape index (κ2) is 5.16. The highest BCUT2D eigenvalue weighted by atomic mass is 32.1. The molecular weight excluding hydrogens is 278 g/mol. The summed E-state index contributed by atoms with van der Waals surface area (Å²) in [6.07, 6.45) is 1.83. The van der Waals surface area contributed by atoms with Crippen LogP contribution in [0.1, 0.15) is 29.6 Å². The molecule has 1 amide bonds. The quantitative estimate of drug-likeness (QED) is 0.909. The third-order valence-corrected chi connectivity index (χ3v) is 4.19. The van der Waals surface area contributed by atoms with E-state index in [4.69, 9.17) is 5.11 Å². The highest BCUT2D eigenvalue weighted by molar-refractivity contribution is 7.58. The summed E-state index contributed by atoms with van der Waals surface area (Å²) < 4.78 is 8.19. The predicted octanol–water partition coefficient (Wildman–Crippen LogP) is 2.40. The fraction of sp³-hybridized carbons (Fsp3) is 0.385. The summed E-state index contributed by atoms with van der Waals surface area (Å²) in [5.74, 6) is -1.31. The van der Waals surface area contributed by atoms with Gasteiger partial charge in [-0.05, 0) is 37.5 Å². The number of rotatable bonds is 3. The molecule has 0 spiro atoms. The lowest BCUT2D eigenvalue weighted by molar-refractivity contribution is -0.141. The summed E-state index contributed by atoms with van der Waals surface area (Å²) in [5, 5.41) is 11.8. The number of carbonyl (C=O) groups is 2. The van der Waals surface area contributed by atoms with Gasteiger partial charge in [-0.1, -0.05) is 0 Å². The molecule has 20 heavy (non-hydrogen) atoms. The molecular formula is C13H13N3O3S. The lowest BCUT2D eigenvalue weighted by atomic mass is 10.1. The normalized spacial score (nSPS) is 23.2. The van der Waals surface area contributed by atoms with Crippen LogP contribution in [0, 0.1) is 5.92 Å². The first kappa shape index (κ1) is 13.0. The van der Waals surface area contributed by atoms with Crippen molar-refractivity contribution in [3.8, 4) is 0 Å². The Morgan fingerprint density at radius 3 is 2.80 bits per heavy atom. The Morgan fingerprint density at radius 1 is 1.25 bits per heavy atom. The molecule has 0 bridgehead atoms. The third kappa shape index (κ3) is 2.49. The van der Waals surface area contributed by atoms with E-state index in [1.807, 2.05) is 0 Å². The molecule has 104 valence electrons. The number of carboxylic acid groups (broad SMARTS) is 1. The van der Waals surface area contributed by atoms with Gasteiger partial charge in [0.05, 0.1) is 17.3 Å². The molecule has 0 radical (unpaired) electrons. The van der Waals surface area contributed by atoms with Crippen molar-refractivity contribution < 1.29 is 14.7 Å². The largest absolute Gasteiger partial charge is 0.481 e. The molecule has 3 rings (SSSR count). The van der Waals surface area contributed by atoms with Crippen molar-refractivity contribution in [1.29, 1.82) is 0 Å². The van der Waals surface area contributed by atoms with Crippen LogP contribution in [-0.2, 0) is 16.1 Å². The van der Waals surface area contributed by atoms with Gasteiger partial charge in [-0.15, -0.1) is 0 Å². The maximum atomic E-state index is 12.1. The highest BCUT2D eigenvalue weighted by Crippen LogP contribution is 2.32. The zero-order valence-corrected chi connectivity index (χ0v) is 11.4. The van der Waals surface area contributed by atoms with Crippen molar-refractivity contribution in [2.24, 2.45) is 14.6 Å². The van der Waals surface area contributed by atoms with E-state index in [9.17, 15) is 9.59 Å². The van der Waals surface area contributed by atoms with Crippen molar-refractivity contribution >= 4 is 34.6 Å². The highest BCUT2D eigenvalue weighted by Gasteiger charge is 2.30. The molecule has 1 aromatic carbocycles. The van der Waals surface area contributed by atoms with Crippen LogP contribution in [0.3, 0.4) is 0 Å². The first-order valence-corrected chi connectivity index (χ1v) is 7.12. The Morgan fingerprint density at radius 2 is 2.05 bits per heavy atom. The summed E-state index contributed by atoms with van der Waals surface area (Å²) in [7, 11) is 0. The van der Waals surface area contributed by atoms with E-state index < -0.39 is 5.97 Å². The molecule has 0 aromatic heterocycles. The molecule has 6 nitrogen and oxygen atoms in total. The van der Waals surface area contributed by atoms with E-state index >= 15 is 0 Å². The summed E-state index contributed by atoms with van der Waals surface area (Å²) in [5.41, 5.74) is 2.01. The minimum Gasteiger partial charge on any atom is -0.481 e. The minimum absolute atomic E-state index is 0.0622. The number of hydrogen-bond acceptors (Lipinski definition) is 4. The van der Waals surface area contributed by atoms with E-state index in [1.165, 1.54) is 0 Å². The Balaban J connectivity index is 1.66. The SMILES string of the molecule is O=C(N[C@H]1CC[C@@H](C(=O)O)C1)c1ccc2c(c1)N=S=N2. The van der Waals surface area contributed by atoms with Crippen molar-refractivity contribution in [2.45, 2.75) is 25.3 Å². The molecule has 1 fully saturated rings. The second-order valence-electron chi connectivity index (χ2n) is 4.99. The smallest absolute Gasteiger partial charge is 0.306 e. The first-order chi connectivity index (χ1) is 9.63. The van der Waals surface area contributed by atoms with E-state index in [0.29, 0.717) is 30.5 Å². The van der Waals surface area contributed by atoms with E-state index in [-0.39, 0.29) is 17.9 Å². The lowest BCUT2D eigenvalue weighted by Crippen LogP contribution is -2.33. The number of fused-ring (bicyclic) bond motifs is 1. The van der Waals surface area contributed by atoms with Crippen LogP contribution < -0.4 is 5.32 Å². The number of hydrogen-bond donors (Lipinski definition) is 2. The summed E-state index contributed by atoms with van der Waals surface area (Å²) in [6, 6.07) is 5.12. The number of carbonyl (C=O) groups excluding carboxylic acids is 1. The maximum absolute atomic E-state index is 12.1. The molecule has 2 aliphatic rings. The first-order valence-electron chi connectivity index (χ1n) is 6.39. The van der Waals surface area contributed by atoms with Crippen LogP contribution in [-0.4, -0.2) is 23.0 Å². The summed E-state index contributed by atoms with van der Waals surface area (Å²) in [4.78, 5) is 23.0. The van der Waals surface area contributed by atoms with Crippen molar-refractivity contribution in [2.75, 3.05) is 0 Å². The Bertz CT molecular complexity index is 652. The van der Waals surface area contributed by atoms with E-state index in [1.54, 1.807) is 18.2 Å². The van der Waals surface area contributed by atoms with Gasteiger partial charge in [-0.3, -0.25) is 9.59 Å². The van der Waals surface area contributed by atoms with Gasteiger partial charge in [0.25, 0.3) is 5.91 Å². The number of benzene rings is 1. The van der Waals surface area contributed by atoms with Gasteiger partial charge in [0.1, 0.15) is 11.4 Å². The molecule has 1 heterocycles. The van der Waals surface area contributed by atoms with E-state index in [2.05, 4.69) is 14.0 Å². The Labute approximate surface area is 119 Å². The zero-order valence-electron chi connectivity index (χ0n) is 10.6. The zero-order chi connectivity index (χ0) is 14.1. The molecule has 2 atom stereocenters. The van der Waals surface area contributed by atoms with Gasteiger partial charge < -0.3 is 10.4 Å². The maximum Gasteiger partial charge on any atom is 0.306 e. The van der Waals surface area contributed by atoms with Crippen molar-refractivity contribution in [1.82, 2.24) is 5.32 Å². The predicted molar refractivity (Wildman–Crippen MR) is 74.2 cm³/mol. The van der Waals surface area contributed by atoms with Gasteiger partial charge in [0, 0.05) is 11.6 Å². The molecule has 1 aliphatic heterocycles. The Hall–Kier alpha value is -2.02. The molecule has 1 saturated carbocycles. The van der Waals surface area contributed by atoms with Crippen LogP contribution in [0.25, 0.3) is 0 Å². The van der Waals surface area contributed by atoms with Crippen LogP contribution in [0.4, 0.5) is 11.4 Å². The third-order valence-electron chi connectivity index (χ3n) is 3.63. The molecule has 0 unspecified atom stereocenters. The fourth-order valence-electron chi connectivity index (χ4n) is 2.53. The molecule has 1 aliphatic carbocycles. The van der Waals surface area contributed by atoms with Crippen LogP contribution in [0.5, 0.6) is 0 Å². The number of nitrogens with zero attached hydrogens (tertiary/aromatic N) is 2. The molecule has 7 heteroatoms. The molecule has 2 N–H and O–H groups in total. The van der Waals surface area contributed by atoms with Gasteiger partial charge in [-0.2, -0.15) is 8.73 Å². The average Bonchev–Trinajstić information content (AvgIpc) is 3.05. The van der Waals surface area contributed by atoms with Crippen molar-refractivity contribution in [3.05, 3.63) is 23.8 Å². The van der Waals surface area contributed by atoms with Crippen LogP contribution in [0.15, 0.2) is 26.9 Å². The van der Waals surface area contributed by atoms with Gasteiger partial charge in [-0.25, -0.2) is 0 Å². The van der Waals surface area contributed by atoms with Gasteiger partial charge in [0.15, 0.2) is 0 Å². The van der Waals surface area contributed by atoms with Crippen LogP contribution >= 0.6 is 0 Å². The Kier molecular flexibility index (Phi) is 3.35. The number of carboxylic acids is 1. The summed E-state index contributed by atoms with van der Waals surface area (Å²) in [6.45, 7) is 0. The monoisotopic (exact) mass is 291 g/mol. The molecule has 1 aromatic rings. The standard InChI is InChI=1S/C13H13N3O3S/c17-12(14-9-3-1-8(5-9)13(18)19)7-2-4-10-11(6-7)16-20-15-10/h2,4,6,8-9H,1,3,5H2,(H,14,17)(H,18,19)/t8-,9+/m1/s1. The summed E-state index contributed by atoms with van der Waals surface area (Å²) >= 11 is 1.11. The lowest BCUT2D eigenvalue weighted by Gasteiger charge is -2.12. The average molecular weight is 291 g/mol. The van der Waals surface area contributed by atoms with Crippen molar-refractivity contribution in [3.63, 3.8) is 0 Å². The number of amides is 1. The minimum atomic E-state index is -0.781. The van der Waals surface area contributed by atoms with Crippen LogP contribution in [0.2, 0.25) is 0 Å². The second-order valence-corrected chi connectivity index (χ2v) is 5.51. The topological polar surface area (TPSA) is 91.1 Å². The van der Waals surface area contributed by atoms with Gasteiger partial charge >= 0.3 is 5.97 Å². The number of nitrogens with one attached hydrogen (secondary N) is 1. The van der Waals surface area contributed by atoms with Gasteiger partial charge in [0.2, 0.25) is 0 Å². The number of aliphatic carboxylic acids is 1.